The number of hydrogen-bond donors (Lipinski definition) is 2. The first-order valence-corrected chi connectivity index (χ1v) is 5.93. The summed E-state index contributed by atoms with van der Waals surface area (Å²) in [5, 5.41) is 8.59. The molecule has 1 rings (SSSR count). The number of sulfone groups is 1. The van der Waals surface area contributed by atoms with Crippen LogP contribution in [0.2, 0.25) is 0 Å². The lowest BCUT2D eigenvalue weighted by Gasteiger charge is -2.24. The molecule has 13 heavy (non-hydrogen) atoms. The molecule has 0 unspecified atom stereocenters. The Morgan fingerprint density at radius 3 is 2.23 bits per heavy atom. The van der Waals surface area contributed by atoms with Gasteiger partial charge in [-0.15, -0.1) is 0 Å². The van der Waals surface area contributed by atoms with Gasteiger partial charge in [0, 0.05) is 0 Å². The molecule has 3 N–H and O–H groups in total. The van der Waals surface area contributed by atoms with Crippen LogP contribution in [0.1, 0.15) is 12.8 Å². The maximum atomic E-state index is 11.0. The smallest absolute Gasteiger partial charge is 0.320 e. The molecule has 6 heteroatoms. The third kappa shape index (κ3) is 2.67. The van der Waals surface area contributed by atoms with E-state index >= 15 is 0 Å². The second-order valence-electron chi connectivity index (χ2n) is 3.35. The molecule has 0 spiro atoms. The molecular weight excluding hydrogens is 194 g/mol. The molecule has 0 saturated carbocycles. The fourth-order valence-corrected chi connectivity index (χ4v) is 3.00. The lowest BCUT2D eigenvalue weighted by molar-refractivity contribution is -0.139. The van der Waals surface area contributed by atoms with Gasteiger partial charge in [-0.1, -0.05) is 0 Å². The van der Waals surface area contributed by atoms with Crippen molar-refractivity contribution in [2.24, 2.45) is 11.7 Å². The third-order valence-corrected chi connectivity index (χ3v) is 4.11. The van der Waals surface area contributed by atoms with E-state index in [4.69, 9.17) is 10.8 Å². The van der Waals surface area contributed by atoms with E-state index in [-0.39, 0.29) is 17.4 Å². The van der Waals surface area contributed by atoms with Crippen LogP contribution in [0.25, 0.3) is 0 Å². The minimum Gasteiger partial charge on any atom is -0.480 e. The summed E-state index contributed by atoms with van der Waals surface area (Å²) in [5.41, 5.74) is 5.39. The van der Waals surface area contributed by atoms with Gasteiger partial charge in [0.05, 0.1) is 11.5 Å². The Morgan fingerprint density at radius 2 is 1.85 bits per heavy atom. The molecule has 1 fully saturated rings. The van der Waals surface area contributed by atoms with Crippen molar-refractivity contribution in [2.45, 2.75) is 18.9 Å². The molecule has 1 atom stereocenters. The molecule has 1 heterocycles. The van der Waals surface area contributed by atoms with Crippen LogP contribution in [0.4, 0.5) is 0 Å². The predicted molar refractivity (Wildman–Crippen MR) is 47.0 cm³/mol. The van der Waals surface area contributed by atoms with Crippen LogP contribution in [0.3, 0.4) is 0 Å². The van der Waals surface area contributed by atoms with Gasteiger partial charge in [0.1, 0.15) is 15.9 Å². The number of nitrogens with two attached hydrogens (primary N) is 1. The summed E-state index contributed by atoms with van der Waals surface area (Å²) in [4.78, 5) is 10.5. The second kappa shape index (κ2) is 3.63. The quantitative estimate of drug-likeness (QED) is 0.619. The first-order chi connectivity index (χ1) is 5.92. The van der Waals surface area contributed by atoms with Crippen molar-refractivity contribution in [1.82, 2.24) is 0 Å². The molecule has 0 aromatic heterocycles. The molecule has 0 aromatic rings. The van der Waals surface area contributed by atoms with Crippen LogP contribution in [0, 0.1) is 5.92 Å². The molecule has 5 nitrogen and oxygen atoms in total. The SMILES string of the molecule is N[C@H](C(=O)O)C1CCS(=O)(=O)CC1. The zero-order valence-corrected chi connectivity index (χ0v) is 7.96. The first kappa shape index (κ1) is 10.5. The zero-order valence-electron chi connectivity index (χ0n) is 7.14. The number of carboxylic acids is 1. The normalized spacial score (nSPS) is 25.3. The monoisotopic (exact) mass is 207 g/mol. The van der Waals surface area contributed by atoms with Crippen molar-refractivity contribution >= 4 is 15.8 Å². The lowest BCUT2D eigenvalue weighted by atomic mass is 9.94. The maximum absolute atomic E-state index is 11.0. The number of hydrogen-bond acceptors (Lipinski definition) is 4. The van der Waals surface area contributed by atoms with E-state index in [9.17, 15) is 13.2 Å². The molecular formula is C7H13NO4S. The Bertz CT molecular complexity index is 284. The number of rotatable bonds is 2. The minimum atomic E-state index is -2.92. The van der Waals surface area contributed by atoms with E-state index in [1.165, 1.54) is 0 Å². The highest BCUT2D eigenvalue weighted by Gasteiger charge is 2.30. The minimum absolute atomic E-state index is 0.0681. The highest BCUT2D eigenvalue weighted by Crippen LogP contribution is 2.21. The first-order valence-electron chi connectivity index (χ1n) is 4.11. The Hall–Kier alpha value is -0.620. The number of aliphatic carboxylic acids is 1. The van der Waals surface area contributed by atoms with Crippen LogP contribution in [-0.4, -0.2) is 37.0 Å². The molecule has 1 aliphatic rings. The molecule has 1 saturated heterocycles. The summed E-state index contributed by atoms with van der Waals surface area (Å²) in [6, 6.07) is -0.921. The molecule has 1 aliphatic heterocycles. The Balaban J connectivity index is 2.55. The lowest BCUT2D eigenvalue weighted by Crippen LogP contribution is -2.41. The van der Waals surface area contributed by atoms with E-state index in [1.807, 2.05) is 0 Å². The topological polar surface area (TPSA) is 97.5 Å². The largest absolute Gasteiger partial charge is 0.480 e. The summed E-state index contributed by atoms with van der Waals surface area (Å²) in [7, 11) is -2.92. The van der Waals surface area contributed by atoms with Crippen LogP contribution < -0.4 is 5.73 Å². The van der Waals surface area contributed by atoms with Crippen molar-refractivity contribution in [1.29, 1.82) is 0 Å². The van der Waals surface area contributed by atoms with Gasteiger partial charge in [-0.25, -0.2) is 8.42 Å². The van der Waals surface area contributed by atoms with Crippen molar-refractivity contribution in [3.8, 4) is 0 Å². The van der Waals surface area contributed by atoms with Crippen LogP contribution in [0.5, 0.6) is 0 Å². The van der Waals surface area contributed by atoms with E-state index in [0.717, 1.165) is 0 Å². The van der Waals surface area contributed by atoms with E-state index < -0.39 is 21.8 Å². The predicted octanol–water partition coefficient (Wildman–Crippen LogP) is -0.777. The van der Waals surface area contributed by atoms with Crippen molar-refractivity contribution < 1.29 is 18.3 Å². The molecule has 76 valence electrons. The Morgan fingerprint density at radius 1 is 1.38 bits per heavy atom. The Kier molecular flexibility index (Phi) is 2.92. The fourth-order valence-electron chi connectivity index (χ4n) is 1.47. The van der Waals surface area contributed by atoms with Crippen LogP contribution in [0.15, 0.2) is 0 Å². The molecule has 0 bridgehead atoms. The maximum Gasteiger partial charge on any atom is 0.320 e. The Labute approximate surface area is 76.8 Å². The van der Waals surface area contributed by atoms with Crippen LogP contribution >= 0.6 is 0 Å². The van der Waals surface area contributed by atoms with Crippen molar-refractivity contribution in [3.63, 3.8) is 0 Å². The highest BCUT2D eigenvalue weighted by atomic mass is 32.2. The molecule has 0 aliphatic carbocycles. The molecule has 0 aromatic carbocycles. The summed E-state index contributed by atoms with van der Waals surface area (Å²) in [6.07, 6.45) is 0.742. The highest BCUT2D eigenvalue weighted by molar-refractivity contribution is 7.91. The summed E-state index contributed by atoms with van der Waals surface area (Å²) in [5.74, 6) is -1.11. The van der Waals surface area contributed by atoms with Gasteiger partial charge in [0.2, 0.25) is 0 Å². The van der Waals surface area contributed by atoms with E-state index in [1.54, 1.807) is 0 Å². The second-order valence-corrected chi connectivity index (χ2v) is 5.66. The third-order valence-electron chi connectivity index (χ3n) is 2.39. The number of carboxylic acid groups (broad SMARTS) is 1. The zero-order chi connectivity index (χ0) is 10.1. The average Bonchev–Trinajstić information content (AvgIpc) is 2.03. The fraction of sp³-hybridized carbons (Fsp3) is 0.857. The average molecular weight is 207 g/mol. The standard InChI is InChI=1S/C7H13NO4S/c8-6(7(9)10)5-1-3-13(11,12)4-2-5/h5-6H,1-4,8H2,(H,9,10)/t6-/m0/s1. The number of carbonyl (C=O) groups is 1. The summed E-state index contributed by atoms with van der Waals surface area (Å²) >= 11 is 0. The van der Waals surface area contributed by atoms with Gasteiger partial charge in [-0.05, 0) is 18.8 Å². The van der Waals surface area contributed by atoms with Gasteiger partial charge >= 0.3 is 5.97 Å². The van der Waals surface area contributed by atoms with Gasteiger partial charge in [0.15, 0.2) is 0 Å². The molecule has 0 amide bonds. The van der Waals surface area contributed by atoms with Crippen molar-refractivity contribution in [3.05, 3.63) is 0 Å². The van der Waals surface area contributed by atoms with Crippen molar-refractivity contribution in [2.75, 3.05) is 11.5 Å². The van der Waals surface area contributed by atoms with Crippen LogP contribution in [-0.2, 0) is 14.6 Å². The van der Waals surface area contributed by atoms with E-state index in [0.29, 0.717) is 12.8 Å². The molecule has 0 radical (unpaired) electrons. The van der Waals surface area contributed by atoms with Gasteiger partial charge in [0.25, 0.3) is 0 Å². The summed E-state index contributed by atoms with van der Waals surface area (Å²) < 4.78 is 22.0. The van der Waals surface area contributed by atoms with Gasteiger partial charge < -0.3 is 10.8 Å². The van der Waals surface area contributed by atoms with E-state index in [2.05, 4.69) is 0 Å². The summed E-state index contributed by atoms with van der Waals surface area (Å²) in [6.45, 7) is 0. The van der Waals surface area contributed by atoms with Gasteiger partial charge in [-0.3, -0.25) is 4.79 Å². The van der Waals surface area contributed by atoms with Gasteiger partial charge in [-0.2, -0.15) is 0 Å².